The molecule has 1 heterocycles. The largest absolute Gasteiger partial charge is 0.468 e. The van der Waals surface area contributed by atoms with Crippen molar-refractivity contribution in [1.82, 2.24) is 4.98 Å². The molecule has 0 aliphatic heterocycles. The van der Waals surface area contributed by atoms with Gasteiger partial charge in [0.1, 0.15) is 11.5 Å². The molecule has 2 N–H and O–H groups in total. The normalized spacial score (nSPS) is 12.2. The van der Waals surface area contributed by atoms with Crippen LogP contribution in [0.15, 0.2) is 96.4 Å². The summed E-state index contributed by atoms with van der Waals surface area (Å²) in [6.45, 7) is -0.364. The lowest BCUT2D eigenvalue weighted by Crippen LogP contribution is -2.38. The number of nitrogens with zero attached hydrogens (tertiary/aromatic N) is 1. The van der Waals surface area contributed by atoms with Gasteiger partial charge in [-0.15, -0.1) is 11.3 Å². The van der Waals surface area contributed by atoms with Crippen LogP contribution < -0.4 is 5.32 Å². The Hall–Kier alpha value is -3.48. The summed E-state index contributed by atoms with van der Waals surface area (Å²) in [6.07, 6.45) is 0. The number of aliphatic hydroxyl groups is 1. The number of ether oxygens (including phenoxy) is 1. The zero-order valence-corrected chi connectivity index (χ0v) is 18.5. The van der Waals surface area contributed by atoms with Gasteiger partial charge < -0.3 is 15.2 Å². The Labute approximate surface area is 191 Å². The van der Waals surface area contributed by atoms with Crippen molar-refractivity contribution >= 4 is 22.4 Å². The minimum Gasteiger partial charge on any atom is -0.468 e. The van der Waals surface area contributed by atoms with Gasteiger partial charge in [0, 0.05) is 5.38 Å². The van der Waals surface area contributed by atoms with Crippen LogP contribution in [0.2, 0.25) is 0 Å². The molecule has 1 aromatic heterocycles. The Morgan fingerprint density at radius 1 is 0.938 bits per heavy atom. The van der Waals surface area contributed by atoms with E-state index in [0.717, 1.165) is 16.7 Å². The molecule has 4 rings (SSSR count). The molecule has 0 spiro atoms. The minimum atomic E-state index is -0.814. The third-order valence-corrected chi connectivity index (χ3v) is 6.24. The summed E-state index contributed by atoms with van der Waals surface area (Å²) in [4.78, 5) is 16.7. The average Bonchev–Trinajstić information content (AvgIpc) is 3.32. The number of hydrogen-bond acceptors (Lipinski definition) is 6. The Morgan fingerprint density at radius 3 is 1.81 bits per heavy atom. The average molecular weight is 445 g/mol. The number of carbonyl (C=O) groups is 1. The third-order valence-electron chi connectivity index (χ3n) is 5.46. The Morgan fingerprint density at radius 2 is 1.41 bits per heavy atom. The van der Waals surface area contributed by atoms with Gasteiger partial charge in [-0.05, 0) is 16.7 Å². The first-order valence-corrected chi connectivity index (χ1v) is 11.2. The van der Waals surface area contributed by atoms with Crippen LogP contribution in [0.4, 0.5) is 5.13 Å². The van der Waals surface area contributed by atoms with Gasteiger partial charge >= 0.3 is 5.97 Å². The maximum absolute atomic E-state index is 12.1. The number of aromatic nitrogens is 1. The van der Waals surface area contributed by atoms with Crippen LogP contribution in [0.1, 0.15) is 28.3 Å². The molecule has 0 saturated carbocycles. The van der Waals surface area contributed by atoms with Crippen molar-refractivity contribution in [2.75, 3.05) is 19.0 Å². The van der Waals surface area contributed by atoms with Crippen LogP contribution in [0.3, 0.4) is 0 Å². The molecule has 0 saturated heterocycles. The van der Waals surface area contributed by atoms with Crippen molar-refractivity contribution in [2.24, 2.45) is 0 Å². The zero-order chi connectivity index (χ0) is 22.4. The van der Waals surface area contributed by atoms with E-state index in [0.29, 0.717) is 10.8 Å². The Kier molecular flexibility index (Phi) is 6.63. The van der Waals surface area contributed by atoms with Gasteiger partial charge in [0.15, 0.2) is 5.13 Å². The van der Waals surface area contributed by atoms with E-state index < -0.39 is 17.4 Å². The number of nitrogens with one attached hydrogen (secondary N) is 1. The molecule has 162 valence electrons. The van der Waals surface area contributed by atoms with Gasteiger partial charge in [0.05, 0.1) is 19.4 Å². The van der Waals surface area contributed by atoms with Crippen molar-refractivity contribution in [3.05, 3.63) is 119 Å². The lowest BCUT2D eigenvalue weighted by atomic mass is 9.77. The van der Waals surface area contributed by atoms with Crippen LogP contribution >= 0.6 is 11.3 Å². The second-order valence-corrected chi connectivity index (χ2v) is 8.17. The number of hydrogen-bond donors (Lipinski definition) is 2. The van der Waals surface area contributed by atoms with Gasteiger partial charge in [-0.1, -0.05) is 91.0 Å². The number of aliphatic hydroxyl groups excluding tert-OH is 1. The maximum Gasteiger partial charge on any atom is 0.317 e. The van der Waals surface area contributed by atoms with Crippen LogP contribution in [-0.2, 0) is 15.1 Å². The summed E-state index contributed by atoms with van der Waals surface area (Å²) in [5, 5.41) is 15.8. The van der Waals surface area contributed by atoms with E-state index in [2.05, 4.69) is 46.7 Å². The summed E-state index contributed by atoms with van der Waals surface area (Å²) < 4.78 is 4.82. The Balaban J connectivity index is 1.87. The van der Waals surface area contributed by atoms with E-state index in [1.54, 1.807) is 5.38 Å². The first-order valence-electron chi connectivity index (χ1n) is 10.3. The van der Waals surface area contributed by atoms with Gasteiger partial charge in [-0.2, -0.15) is 0 Å². The molecular weight excluding hydrogens is 420 g/mol. The monoisotopic (exact) mass is 444 g/mol. The van der Waals surface area contributed by atoms with Crippen molar-refractivity contribution in [3.8, 4) is 0 Å². The van der Waals surface area contributed by atoms with Crippen LogP contribution in [-0.4, -0.2) is 29.8 Å². The van der Waals surface area contributed by atoms with Gasteiger partial charge in [-0.3, -0.25) is 4.79 Å². The highest BCUT2D eigenvalue weighted by Crippen LogP contribution is 2.40. The highest BCUT2D eigenvalue weighted by atomic mass is 32.1. The molecule has 0 amide bonds. The van der Waals surface area contributed by atoms with Crippen molar-refractivity contribution in [3.63, 3.8) is 0 Å². The molecule has 6 heteroatoms. The third kappa shape index (κ3) is 4.15. The summed E-state index contributed by atoms with van der Waals surface area (Å²) >= 11 is 1.39. The van der Waals surface area contributed by atoms with Crippen LogP contribution in [0.25, 0.3) is 0 Å². The lowest BCUT2D eigenvalue weighted by molar-refractivity contribution is -0.143. The first kappa shape index (κ1) is 21.7. The molecule has 0 bridgehead atoms. The molecule has 5 nitrogen and oxygen atoms in total. The Bertz CT molecular complexity index is 1050. The number of anilines is 1. The topological polar surface area (TPSA) is 71.5 Å². The molecular formula is C26H24N2O3S. The highest BCUT2D eigenvalue weighted by molar-refractivity contribution is 7.13. The second kappa shape index (κ2) is 9.77. The highest BCUT2D eigenvalue weighted by Gasteiger charge is 2.37. The molecule has 32 heavy (non-hydrogen) atoms. The molecule has 0 aliphatic carbocycles. The summed E-state index contributed by atoms with van der Waals surface area (Å²) in [5.74, 6) is -1.32. The quantitative estimate of drug-likeness (QED) is 0.302. The second-order valence-electron chi connectivity index (χ2n) is 7.31. The number of rotatable bonds is 8. The fourth-order valence-electron chi connectivity index (χ4n) is 3.88. The molecule has 1 atom stereocenters. The zero-order valence-electron chi connectivity index (χ0n) is 17.6. The number of carbonyl (C=O) groups excluding carboxylic acids is 1. The molecule has 4 aromatic rings. The summed E-state index contributed by atoms with van der Waals surface area (Å²) in [5.41, 5.74) is 2.94. The number of benzene rings is 3. The molecule has 0 fully saturated rings. The maximum atomic E-state index is 12.1. The first-order chi connectivity index (χ1) is 15.7. The fourth-order valence-corrected chi connectivity index (χ4v) is 4.70. The van der Waals surface area contributed by atoms with Gasteiger partial charge in [0.2, 0.25) is 0 Å². The smallest absolute Gasteiger partial charge is 0.317 e. The lowest BCUT2D eigenvalue weighted by Gasteiger charge is -2.36. The summed E-state index contributed by atoms with van der Waals surface area (Å²) in [7, 11) is 1.31. The van der Waals surface area contributed by atoms with Crippen LogP contribution in [0, 0.1) is 0 Å². The number of methoxy groups -OCH3 is 1. The van der Waals surface area contributed by atoms with Crippen molar-refractivity contribution in [1.29, 1.82) is 0 Å². The SMILES string of the molecule is COC(=O)C(CO)c1csc(NC(c2ccccc2)(c2ccccc2)c2ccccc2)n1. The van der Waals surface area contributed by atoms with Gasteiger partial charge in [-0.25, -0.2) is 4.98 Å². The van der Waals surface area contributed by atoms with Crippen molar-refractivity contribution in [2.45, 2.75) is 11.5 Å². The molecule has 0 aliphatic rings. The van der Waals surface area contributed by atoms with E-state index in [-0.39, 0.29) is 6.61 Å². The number of thiazole rings is 1. The van der Waals surface area contributed by atoms with Crippen LogP contribution in [0.5, 0.6) is 0 Å². The van der Waals surface area contributed by atoms with E-state index in [1.165, 1.54) is 18.4 Å². The molecule has 3 aromatic carbocycles. The molecule has 0 radical (unpaired) electrons. The van der Waals surface area contributed by atoms with Crippen molar-refractivity contribution < 1.29 is 14.6 Å². The number of esters is 1. The van der Waals surface area contributed by atoms with Gasteiger partial charge in [0.25, 0.3) is 0 Å². The van der Waals surface area contributed by atoms with E-state index in [9.17, 15) is 9.90 Å². The standard InChI is InChI=1S/C26H24N2O3S/c1-31-24(30)22(17-29)23-18-32-25(27-23)28-26(19-11-5-2-6-12-19,20-13-7-3-8-14-20)21-15-9-4-10-16-21/h2-16,18,22,29H,17H2,1H3,(H,27,28). The van der Waals surface area contributed by atoms with E-state index in [4.69, 9.17) is 4.74 Å². The molecule has 1 unspecified atom stereocenters. The van der Waals surface area contributed by atoms with E-state index in [1.807, 2.05) is 54.6 Å². The minimum absolute atomic E-state index is 0.364. The summed E-state index contributed by atoms with van der Waals surface area (Å²) in [6, 6.07) is 30.6. The van der Waals surface area contributed by atoms with E-state index >= 15 is 0 Å². The predicted molar refractivity (Wildman–Crippen MR) is 127 cm³/mol. The predicted octanol–water partition coefficient (Wildman–Crippen LogP) is 4.80. The fraction of sp³-hybridized carbons (Fsp3) is 0.154.